The first kappa shape index (κ1) is 39.1. The van der Waals surface area contributed by atoms with E-state index >= 15 is 0 Å². The van der Waals surface area contributed by atoms with E-state index < -0.39 is 5.41 Å². The van der Waals surface area contributed by atoms with Gasteiger partial charge in [-0.3, -0.25) is 9.97 Å². The van der Waals surface area contributed by atoms with Crippen LogP contribution >= 0.6 is 0 Å². The van der Waals surface area contributed by atoms with Crippen LogP contribution in [-0.4, -0.2) is 19.9 Å². The molecule has 4 heterocycles. The molecule has 1 spiro atoms. The first-order valence-corrected chi connectivity index (χ1v) is 23.5. The normalized spacial score (nSPS) is 12.8. The van der Waals surface area contributed by atoms with Gasteiger partial charge < -0.3 is 0 Å². The van der Waals surface area contributed by atoms with E-state index in [9.17, 15) is 0 Å². The zero-order chi connectivity index (χ0) is 45.5. The number of aromatic nitrogens is 4. The first-order chi connectivity index (χ1) is 34.2. The Morgan fingerprint density at radius 1 is 0.304 bits per heavy atom. The Hall–Kier alpha value is -9.12. The van der Waals surface area contributed by atoms with Crippen molar-refractivity contribution in [2.24, 2.45) is 0 Å². The molecular formula is C65H40N4. The van der Waals surface area contributed by atoms with E-state index in [1.165, 1.54) is 49.9 Å². The highest BCUT2D eigenvalue weighted by molar-refractivity contribution is 6.20. The fourth-order valence-corrected chi connectivity index (χ4v) is 11.3. The summed E-state index contributed by atoms with van der Waals surface area (Å²) in [5.41, 5.74) is 22.9. The zero-order valence-corrected chi connectivity index (χ0v) is 37.4. The van der Waals surface area contributed by atoms with Crippen LogP contribution in [0.2, 0.25) is 0 Å². The summed E-state index contributed by atoms with van der Waals surface area (Å²) in [6.45, 7) is 0. The molecule has 0 unspecified atom stereocenters. The van der Waals surface area contributed by atoms with Crippen molar-refractivity contribution in [2.75, 3.05) is 0 Å². The maximum atomic E-state index is 5.46. The molecule has 0 atom stereocenters. The molecule has 2 aliphatic rings. The van der Waals surface area contributed by atoms with E-state index in [0.717, 1.165) is 83.7 Å². The van der Waals surface area contributed by atoms with Crippen molar-refractivity contribution >= 4 is 21.7 Å². The lowest BCUT2D eigenvalue weighted by Crippen LogP contribution is -2.25. The second kappa shape index (κ2) is 15.5. The van der Waals surface area contributed by atoms with Crippen LogP contribution in [0.5, 0.6) is 0 Å². The number of hydrogen-bond acceptors (Lipinski definition) is 4. The molecule has 14 rings (SSSR count). The number of benzene rings is 8. The van der Waals surface area contributed by atoms with Crippen LogP contribution in [-0.2, 0) is 5.41 Å². The van der Waals surface area contributed by atoms with Crippen molar-refractivity contribution in [3.05, 3.63) is 265 Å². The highest BCUT2D eigenvalue weighted by Crippen LogP contribution is 2.64. The minimum absolute atomic E-state index is 0.430. The minimum atomic E-state index is -0.430. The number of rotatable bonds is 6. The second-order valence-electron chi connectivity index (χ2n) is 18.1. The quantitative estimate of drug-likeness (QED) is 0.156. The third-order valence-corrected chi connectivity index (χ3v) is 14.4. The van der Waals surface area contributed by atoms with Crippen molar-refractivity contribution in [1.82, 2.24) is 19.9 Å². The molecule has 320 valence electrons. The molecule has 2 aliphatic carbocycles. The van der Waals surface area contributed by atoms with Gasteiger partial charge in [0, 0.05) is 61.9 Å². The minimum Gasteiger partial charge on any atom is -0.256 e. The molecule has 0 saturated carbocycles. The number of pyridine rings is 4. The summed E-state index contributed by atoms with van der Waals surface area (Å²) in [6.07, 6.45) is 3.79. The monoisotopic (exact) mass is 876 g/mol. The molecule has 0 fully saturated rings. The Kier molecular flexibility index (Phi) is 8.77. The van der Waals surface area contributed by atoms with Gasteiger partial charge in [-0.25, -0.2) is 9.97 Å². The average molecular weight is 877 g/mol. The fourth-order valence-electron chi connectivity index (χ4n) is 11.3. The SMILES string of the molecule is c1ccc(-c2ccc(-c3cc(-c4ccc(-c5ccccn5)cc4)nc(-c4ccc(-c5nc6ccccc6c6c7c(ccc56)C5(c6ccccc6-c6ccccc65)c5ccccc5-7)cc4)c3)nc2)cc1. The van der Waals surface area contributed by atoms with Gasteiger partial charge in [-0.2, -0.15) is 0 Å². The summed E-state index contributed by atoms with van der Waals surface area (Å²) in [7, 11) is 0. The Morgan fingerprint density at radius 2 is 0.855 bits per heavy atom. The molecule has 4 nitrogen and oxygen atoms in total. The highest BCUT2D eigenvalue weighted by atomic mass is 14.7. The number of para-hydroxylation sites is 1. The van der Waals surface area contributed by atoms with Gasteiger partial charge in [0.2, 0.25) is 0 Å². The second-order valence-corrected chi connectivity index (χ2v) is 18.1. The Labute approximate surface area is 400 Å². The molecule has 0 bridgehead atoms. The summed E-state index contributed by atoms with van der Waals surface area (Å²) >= 11 is 0. The van der Waals surface area contributed by atoms with Gasteiger partial charge in [0.05, 0.1) is 39.4 Å². The Morgan fingerprint density at radius 3 is 1.51 bits per heavy atom. The fraction of sp³-hybridized carbons (Fsp3) is 0.0154. The van der Waals surface area contributed by atoms with E-state index in [2.05, 4.69) is 211 Å². The Bertz CT molecular complexity index is 3830. The van der Waals surface area contributed by atoms with Crippen molar-refractivity contribution in [3.63, 3.8) is 0 Å². The van der Waals surface area contributed by atoms with Gasteiger partial charge >= 0.3 is 0 Å². The first-order valence-electron chi connectivity index (χ1n) is 23.5. The predicted octanol–water partition coefficient (Wildman–Crippen LogP) is 15.9. The van der Waals surface area contributed by atoms with Crippen LogP contribution in [0.4, 0.5) is 0 Å². The summed E-state index contributed by atoms with van der Waals surface area (Å²) in [4.78, 5) is 20.4. The number of hydrogen-bond donors (Lipinski definition) is 0. The van der Waals surface area contributed by atoms with Gasteiger partial charge in [-0.1, -0.05) is 194 Å². The van der Waals surface area contributed by atoms with Crippen molar-refractivity contribution in [2.45, 2.75) is 5.41 Å². The van der Waals surface area contributed by atoms with Gasteiger partial charge in [-0.15, -0.1) is 0 Å². The summed E-state index contributed by atoms with van der Waals surface area (Å²) in [5.74, 6) is 0. The molecule has 69 heavy (non-hydrogen) atoms. The van der Waals surface area contributed by atoms with Crippen LogP contribution in [0.25, 0.3) is 111 Å². The molecule has 0 aliphatic heterocycles. The van der Waals surface area contributed by atoms with Crippen molar-refractivity contribution < 1.29 is 0 Å². The third kappa shape index (κ3) is 6.02. The topological polar surface area (TPSA) is 51.6 Å². The molecule has 4 aromatic heterocycles. The standard InChI is InChI=1S/C65H40N4/c1-2-14-41(15-3-1)46-33-36-58(67-40-46)47-38-60(43-27-25-42(26-28-43)57-23-12-13-37-66-57)68-61(39-47)44-29-31-45(32-30-44)64-52-34-35-56-63(62(52)51-19-7-11-24-59(51)69-64)50-18-6-10-22-55(50)65(56)53-20-8-4-16-48(53)49-17-5-9-21-54(49)65/h1-40H. The van der Waals surface area contributed by atoms with Crippen LogP contribution in [0.15, 0.2) is 243 Å². The van der Waals surface area contributed by atoms with E-state index in [4.69, 9.17) is 15.0 Å². The smallest absolute Gasteiger partial charge is 0.0788 e. The van der Waals surface area contributed by atoms with Crippen LogP contribution in [0, 0.1) is 0 Å². The summed E-state index contributed by atoms with van der Waals surface area (Å²) < 4.78 is 0. The van der Waals surface area contributed by atoms with E-state index in [1.807, 2.05) is 36.7 Å². The highest BCUT2D eigenvalue weighted by Gasteiger charge is 2.52. The van der Waals surface area contributed by atoms with Gasteiger partial charge in [0.1, 0.15) is 0 Å². The molecule has 0 radical (unpaired) electrons. The van der Waals surface area contributed by atoms with Crippen molar-refractivity contribution in [1.29, 1.82) is 0 Å². The molecule has 4 heteroatoms. The molecule has 0 saturated heterocycles. The van der Waals surface area contributed by atoms with E-state index in [0.29, 0.717) is 0 Å². The molecular weight excluding hydrogens is 837 g/mol. The maximum Gasteiger partial charge on any atom is 0.0788 e. The summed E-state index contributed by atoms with van der Waals surface area (Å²) in [6, 6.07) is 82.7. The lowest BCUT2D eigenvalue weighted by Gasteiger charge is -2.30. The number of nitrogens with zero attached hydrogens (tertiary/aromatic N) is 4. The van der Waals surface area contributed by atoms with E-state index in [1.54, 1.807) is 0 Å². The largest absolute Gasteiger partial charge is 0.256 e. The van der Waals surface area contributed by atoms with E-state index in [-0.39, 0.29) is 0 Å². The van der Waals surface area contributed by atoms with Crippen molar-refractivity contribution in [3.8, 4) is 89.7 Å². The predicted molar refractivity (Wildman–Crippen MR) is 282 cm³/mol. The van der Waals surface area contributed by atoms with Gasteiger partial charge in [-0.05, 0) is 86.5 Å². The van der Waals surface area contributed by atoms with Crippen LogP contribution in [0.3, 0.4) is 0 Å². The summed E-state index contributed by atoms with van der Waals surface area (Å²) in [5, 5.41) is 3.53. The molecule has 8 aromatic carbocycles. The van der Waals surface area contributed by atoms with Crippen LogP contribution in [0.1, 0.15) is 22.3 Å². The van der Waals surface area contributed by atoms with Gasteiger partial charge in [0.15, 0.2) is 0 Å². The lowest BCUT2D eigenvalue weighted by molar-refractivity contribution is 0.794. The maximum absolute atomic E-state index is 5.46. The average Bonchev–Trinajstić information content (AvgIpc) is 3.91. The lowest BCUT2D eigenvalue weighted by atomic mass is 9.70. The van der Waals surface area contributed by atoms with Crippen LogP contribution < -0.4 is 0 Å². The molecule has 12 aromatic rings. The van der Waals surface area contributed by atoms with Gasteiger partial charge in [0.25, 0.3) is 0 Å². The Balaban J connectivity index is 0.914. The number of fused-ring (bicyclic) bond motifs is 14. The molecule has 0 amide bonds. The third-order valence-electron chi connectivity index (χ3n) is 14.4. The molecule has 0 N–H and O–H groups in total. The zero-order valence-electron chi connectivity index (χ0n) is 37.4.